The molecule has 7 unspecified atom stereocenters. The predicted molar refractivity (Wildman–Crippen MR) is 153 cm³/mol. The Balaban J connectivity index is 1.39. The highest BCUT2D eigenvalue weighted by molar-refractivity contribution is 7.98. The van der Waals surface area contributed by atoms with Crippen LogP contribution in [0, 0.1) is 17.3 Å². The molecule has 202 valence electrons. The van der Waals surface area contributed by atoms with E-state index in [-0.39, 0.29) is 5.54 Å². The molecule has 36 heavy (non-hydrogen) atoms. The lowest BCUT2D eigenvalue weighted by atomic mass is 9.78. The van der Waals surface area contributed by atoms with Crippen LogP contribution < -0.4 is 20.7 Å². The molecule has 4 saturated heterocycles. The number of nitrogens with one attached hydrogen (secondary N) is 4. The van der Waals surface area contributed by atoms with E-state index in [0.29, 0.717) is 41.1 Å². The molecule has 6 heteroatoms. The highest BCUT2D eigenvalue weighted by atomic mass is 32.2. The van der Waals surface area contributed by atoms with Gasteiger partial charge in [0.15, 0.2) is 0 Å². The summed E-state index contributed by atoms with van der Waals surface area (Å²) < 4.78 is 3.85. The van der Waals surface area contributed by atoms with E-state index >= 15 is 0 Å². The maximum absolute atomic E-state index is 4.20. The fraction of sp³-hybridized carbons (Fsp3) is 0.800. The summed E-state index contributed by atoms with van der Waals surface area (Å²) in [5, 5.41) is 12.6. The van der Waals surface area contributed by atoms with Crippen molar-refractivity contribution in [1.29, 1.82) is 0 Å². The third kappa shape index (κ3) is 6.32. The van der Waals surface area contributed by atoms with Crippen LogP contribution in [0.3, 0.4) is 0 Å². The van der Waals surface area contributed by atoms with Gasteiger partial charge in [-0.2, -0.15) is 0 Å². The minimum atomic E-state index is 0.234. The van der Waals surface area contributed by atoms with Gasteiger partial charge in [-0.1, -0.05) is 63.1 Å². The number of hydrogen-bond donors (Lipinski definition) is 4. The molecule has 5 rings (SSSR count). The van der Waals surface area contributed by atoms with Gasteiger partial charge in [-0.15, -0.1) is 0 Å². The van der Waals surface area contributed by atoms with E-state index in [1.54, 1.807) is 0 Å². The van der Waals surface area contributed by atoms with Crippen molar-refractivity contribution in [3.8, 4) is 0 Å². The Hall–Kier alpha value is -0.630. The van der Waals surface area contributed by atoms with Crippen LogP contribution in [0.1, 0.15) is 97.6 Å². The summed E-state index contributed by atoms with van der Waals surface area (Å²) >= 11 is 1.94. The van der Waals surface area contributed by atoms with E-state index in [0.717, 1.165) is 12.5 Å². The molecular formula is C30H51N5S. The van der Waals surface area contributed by atoms with Crippen LogP contribution in [0.2, 0.25) is 0 Å². The molecular weight excluding hydrogens is 462 g/mol. The second-order valence-electron chi connectivity index (χ2n) is 13.7. The van der Waals surface area contributed by atoms with Gasteiger partial charge in [0.2, 0.25) is 0 Å². The molecule has 4 bridgehead atoms. The van der Waals surface area contributed by atoms with Gasteiger partial charge in [0.1, 0.15) is 0 Å². The van der Waals surface area contributed by atoms with Gasteiger partial charge < -0.3 is 0 Å². The van der Waals surface area contributed by atoms with Crippen molar-refractivity contribution in [3.05, 3.63) is 35.9 Å². The van der Waals surface area contributed by atoms with E-state index in [1.807, 2.05) is 11.9 Å². The van der Waals surface area contributed by atoms with Gasteiger partial charge in [-0.25, -0.2) is 0 Å². The number of hydrogen-bond acceptors (Lipinski definition) is 6. The summed E-state index contributed by atoms with van der Waals surface area (Å²) in [5.74, 6) is 1.40. The standard InChI is InChI=1S/C30H51N5S/c1-29(2,3)25-17-15-23-19-31-36-27-13-9-12-26(34-27)32-24(22-10-7-6-8-11-22)16-14-21-18-30(4,5)35(20-21)28(23)33-25/h6-8,10-11,21,23-28,31-34H,9,12-20H2,1-5H3/t21-,23?,24?,25?,26?,27?,28?/m0/s1. The second kappa shape index (κ2) is 11.2. The molecule has 1 aromatic rings. The Morgan fingerprint density at radius 2 is 1.72 bits per heavy atom. The van der Waals surface area contributed by atoms with Crippen LogP contribution in [-0.2, 0) is 0 Å². The lowest BCUT2D eigenvalue weighted by Gasteiger charge is -2.50. The molecule has 0 radical (unpaired) electrons. The van der Waals surface area contributed by atoms with Crippen molar-refractivity contribution in [1.82, 2.24) is 25.6 Å². The molecule has 4 aliphatic rings. The molecule has 0 saturated carbocycles. The quantitative estimate of drug-likeness (QED) is 0.366. The van der Waals surface area contributed by atoms with Crippen molar-refractivity contribution in [2.24, 2.45) is 17.3 Å². The van der Waals surface area contributed by atoms with Crippen LogP contribution in [0.15, 0.2) is 30.3 Å². The fourth-order valence-electron chi connectivity index (χ4n) is 7.36. The first kappa shape index (κ1) is 27.0. The van der Waals surface area contributed by atoms with Crippen molar-refractivity contribution in [2.45, 2.75) is 121 Å². The summed E-state index contributed by atoms with van der Waals surface area (Å²) in [6, 6.07) is 12.2. The maximum Gasteiger partial charge on any atom is 0.0690 e. The summed E-state index contributed by atoms with van der Waals surface area (Å²) in [4.78, 5) is 2.87. The minimum Gasteiger partial charge on any atom is -0.298 e. The molecule has 1 aromatic carbocycles. The largest absolute Gasteiger partial charge is 0.298 e. The van der Waals surface area contributed by atoms with Crippen LogP contribution in [0.5, 0.6) is 0 Å². The highest BCUT2D eigenvalue weighted by Crippen LogP contribution is 2.42. The molecule has 4 aliphatic heterocycles. The van der Waals surface area contributed by atoms with Crippen molar-refractivity contribution in [2.75, 3.05) is 13.1 Å². The third-order valence-corrected chi connectivity index (χ3v) is 10.4. The number of piperidine rings is 2. The van der Waals surface area contributed by atoms with Gasteiger partial charge in [0.25, 0.3) is 0 Å². The van der Waals surface area contributed by atoms with E-state index in [4.69, 9.17) is 0 Å². The van der Waals surface area contributed by atoms with Crippen LogP contribution in [-0.4, -0.2) is 47.3 Å². The Kier molecular flexibility index (Phi) is 8.41. The Morgan fingerprint density at radius 3 is 2.50 bits per heavy atom. The normalized spacial score (nSPS) is 40.0. The smallest absolute Gasteiger partial charge is 0.0690 e. The summed E-state index contributed by atoms with van der Waals surface area (Å²) in [7, 11) is 0. The Morgan fingerprint density at radius 1 is 0.917 bits per heavy atom. The molecule has 4 N–H and O–H groups in total. The SMILES string of the molecule is CC(C)(C)C1CCC2CNSC3CCCC(N3)NC(c3ccccc3)CC[C@@H]3CN(C2N1)C(C)(C)C3. The fourth-order valence-corrected chi connectivity index (χ4v) is 8.39. The molecule has 0 spiro atoms. The molecule has 4 fully saturated rings. The zero-order chi connectivity index (χ0) is 25.3. The van der Waals surface area contributed by atoms with Gasteiger partial charge in [-0.3, -0.25) is 25.6 Å². The van der Waals surface area contributed by atoms with Crippen LogP contribution >= 0.6 is 11.9 Å². The number of nitrogens with zero attached hydrogens (tertiary/aromatic N) is 1. The molecule has 4 heterocycles. The van der Waals surface area contributed by atoms with Crippen LogP contribution in [0.25, 0.3) is 0 Å². The van der Waals surface area contributed by atoms with Crippen LogP contribution in [0.4, 0.5) is 0 Å². The Labute approximate surface area is 224 Å². The molecule has 0 amide bonds. The molecule has 8 atom stereocenters. The first-order valence-corrected chi connectivity index (χ1v) is 15.6. The average molecular weight is 514 g/mol. The maximum atomic E-state index is 4.20. The van der Waals surface area contributed by atoms with Gasteiger partial charge in [0.05, 0.1) is 17.7 Å². The third-order valence-electron chi connectivity index (χ3n) is 9.43. The monoisotopic (exact) mass is 513 g/mol. The zero-order valence-corrected chi connectivity index (χ0v) is 24.2. The lowest BCUT2D eigenvalue weighted by Crippen LogP contribution is -2.63. The van der Waals surface area contributed by atoms with Gasteiger partial charge >= 0.3 is 0 Å². The number of benzene rings is 1. The first-order valence-electron chi connectivity index (χ1n) is 14.7. The van der Waals surface area contributed by atoms with Gasteiger partial charge in [0, 0.05) is 36.6 Å². The minimum absolute atomic E-state index is 0.234. The average Bonchev–Trinajstić information content (AvgIpc) is 3.15. The van der Waals surface area contributed by atoms with Crippen molar-refractivity contribution >= 4 is 11.9 Å². The second-order valence-corrected chi connectivity index (χ2v) is 14.8. The van der Waals surface area contributed by atoms with Crippen molar-refractivity contribution in [3.63, 3.8) is 0 Å². The Bertz CT molecular complexity index is 839. The topological polar surface area (TPSA) is 51.4 Å². The zero-order valence-electron chi connectivity index (χ0n) is 23.4. The van der Waals surface area contributed by atoms with Gasteiger partial charge in [-0.05, 0) is 82.1 Å². The molecule has 5 nitrogen and oxygen atoms in total. The first-order chi connectivity index (χ1) is 17.2. The molecule has 0 aromatic heterocycles. The highest BCUT2D eigenvalue weighted by Gasteiger charge is 2.47. The predicted octanol–water partition coefficient (Wildman–Crippen LogP) is 5.62. The van der Waals surface area contributed by atoms with E-state index in [1.165, 1.54) is 63.5 Å². The lowest BCUT2D eigenvalue weighted by molar-refractivity contribution is 0.00552. The number of fused-ring (bicyclic) bond motifs is 6. The van der Waals surface area contributed by atoms with E-state index in [2.05, 4.69) is 90.5 Å². The summed E-state index contributed by atoms with van der Waals surface area (Å²) in [6.45, 7) is 14.5. The van der Waals surface area contributed by atoms with Crippen molar-refractivity contribution < 1.29 is 0 Å². The van der Waals surface area contributed by atoms with E-state index < -0.39 is 0 Å². The molecule has 0 aliphatic carbocycles. The summed E-state index contributed by atoms with van der Waals surface area (Å²) in [6.07, 6.45) is 11.0. The number of rotatable bonds is 1. The summed E-state index contributed by atoms with van der Waals surface area (Å²) in [5.41, 5.74) is 1.97. The van der Waals surface area contributed by atoms with E-state index in [9.17, 15) is 0 Å².